The van der Waals surface area contributed by atoms with Gasteiger partial charge in [0, 0.05) is 55.8 Å². The van der Waals surface area contributed by atoms with Crippen LogP contribution in [0.5, 0.6) is 0 Å². The minimum absolute atomic E-state index is 0. The van der Waals surface area contributed by atoms with Gasteiger partial charge in [-0.05, 0) is 45.7 Å². The minimum Gasteiger partial charge on any atom is -0.460 e. The number of esters is 1. The van der Waals surface area contributed by atoms with Gasteiger partial charge in [-0.2, -0.15) is 26.3 Å². The Morgan fingerprint density at radius 1 is 0.696 bits per heavy atom. The number of aryl methyl sites for hydroxylation is 3. The first-order valence-corrected chi connectivity index (χ1v) is 13.2. The van der Waals surface area contributed by atoms with Crippen LogP contribution in [0.25, 0.3) is 22.8 Å². The molecule has 0 amide bonds. The predicted octanol–water partition coefficient (Wildman–Crippen LogP) is 5.68. The molecule has 11 nitrogen and oxygen atoms in total. The van der Waals surface area contributed by atoms with Gasteiger partial charge in [0.05, 0.1) is 23.2 Å². The first-order chi connectivity index (χ1) is 20.9. The van der Waals surface area contributed by atoms with Gasteiger partial charge in [-0.25, -0.2) is 39.9 Å². The molecule has 0 bridgehead atoms. The summed E-state index contributed by atoms with van der Waals surface area (Å²) in [6.45, 7) is 9.16. The Morgan fingerprint density at radius 2 is 1.09 bits per heavy atom. The highest BCUT2D eigenvalue weighted by Crippen LogP contribution is 2.27. The number of carbonyl (C=O) groups excluding carboxylic acids is 1. The summed E-state index contributed by atoms with van der Waals surface area (Å²) < 4.78 is 79.8. The van der Waals surface area contributed by atoms with Crippen molar-refractivity contribution in [3.05, 3.63) is 71.3 Å². The van der Waals surface area contributed by atoms with E-state index in [1.165, 1.54) is 0 Å². The van der Waals surface area contributed by atoms with Crippen LogP contribution in [0.2, 0.25) is 0 Å². The van der Waals surface area contributed by atoms with Gasteiger partial charge in [-0.1, -0.05) is 0 Å². The van der Waals surface area contributed by atoms with Gasteiger partial charge < -0.3 is 10.5 Å². The minimum atomic E-state index is -4.61. The molecule has 0 unspecified atom stereocenters. The van der Waals surface area contributed by atoms with Gasteiger partial charge in [-0.15, -0.1) is 12.4 Å². The van der Waals surface area contributed by atoms with Crippen molar-refractivity contribution < 1.29 is 35.9 Å². The number of aromatic nitrogens is 8. The number of nitrogens with zero attached hydrogens (tertiary/aromatic N) is 8. The molecule has 2 N–H and O–H groups in total. The average Bonchev–Trinajstić information content (AvgIpc) is 2.96. The van der Waals surface area contributed by atoms with E-state index in [0.29, 0.717) is 23.4 Å². The Hall–Kier alpha value is -4.38. The number of hydrogen-bond donors (Lipinski definition) is 1. The van der Waals surface area contributed by atoms with E-state index in [0.717, 1.165) is 35.9 Å². The van der Waals surface area contributed by atoms with Crippen molar-refractivity contribution in [2.75, 3.05) is 0 Å². The van der Waals surface area contributed by atoms with Gasteiger partial charge in [-0.3, -0.25) is 4.79 Å². The zero-order valence-corrected chi connectivity index (χ0v) is 26.0. The highest BCUT2D eigenvalue weighted by atomic mass is 35.5. The van der Waals surface area contributed by atoms with E-state index in [2.05, 4.69) is 39.9 Å². The van der Waals surface area contributed by atoms with Crippen LogP contribution in [0.3, 0.4) is 0 Å². The highest BCUT2D eigenvalue weighted by Gasteiger charge is 2.35. The third-order valence-electron chi connectivity index (χ3n) is 5.66. The maximum absolute atomic E-state index is 12.5. The highest BCUT2D eigenvalue weighted by molar-refractivity contribution is 5.85. The Morgan fingerprint density at radius 3 is 1.46 bits per heavy atom. The van der Waals surface area contributed by atoms with Crippen LogP contribution >= 0.6 is 12.4 Å². The van der Waals surface area contributed by atoms with E-state index in [1.54, 1.807) is 47.0 Å². The molecule has 0 radical (unpaired) electrons. The van der Waals surface area contributed by atoms with Gasteiger partial charge in [0.1, 0.15) is 5.60 Å². The molecule has 4 aromatic rings. The molecule has 0 aliphatic heterocycles. The fourth-order valence-electron chi connectivity index (χ4n) is 3.49. The molecular formula is C28H30ClF6N9O2. The van der Waals surface area contributed by atoms with Crippen molar-refractivity contribution in [3.63, 3.8) is 0 Å². The number of halogens is 7. The molecular weight excluding hydrogens is 644 g/mol. The van der Waals surface area contributed by atoms with Crippen LogP contribution in [-0.4, -0.2) is 51.4 Å². The van der Waals surface area contributed by atoms with E-state index in [-0.39, 0.29) is 48.6 Å². The van der Waals surface area contributed by atoms with E-state index in [9.17, 15) is 31.1 Å². The largest absolute Gasteiger partial charge is 0.460 e. The lowest BCUT2D eigenvalue weighted by Gasteiger charge is -2.19. The SMILES string of the molecule is Cc1cnc(-c2cnc(C(F)(F)F)nc2)nc1CCC(=O)OC(C)(C)C.Cc1cnc(-c2cnc(C(F)(F)F)nc2)nc1CN.Cl. The van der Waals surface area contributed by atoms with Crippen molar-refractivity contribution in [2.45, 2.75) is 72.0 Å². The third kappa shape index (κ3) is 10.9. The summed E-state index contributed by atoms with van der Waals surface area (Å²) in [4.78, 5) is 41.6. The zero-order chi connectivity index (χ0) is 33.6. The first-order valence-electron chi connectivity index (χ1n) is 13.2. The summed E-state index contributed by atoms with van der Waals surface area (Å²) in [5.74, 6) is -2.32. The quantitative estimate of drug-likeness (QED) is 0.199. The number of ether oxygens (including phenoxy) is 1. The van der Waals surface area contributed by atoms with Gasteiger partial charge in [0.15, 0.2) is 11.6 Å². The molecule has 4 heterocycles. The Bertz CT molecular complexity index is 1610. The molecule has 248 valence electrons. The van der Waals surface area contributed by atoms with Crippen LogP contribution in [-0.2, 0) is 34.8 Å². The molecule has 0 aliphatic rings. The number of hydrogen-bond acceptors (Lipinski definition) is 11. The van der Waals surface area contributed by atoms with Crippen LogP contribution in [0.15, 0.2) is 37.2 Å². The summed E-state index contributed by atoms with van der Waals surface area (Å²) in [6.07, 6.45) is -1.46. The fraction of sp³-hybridized carbons (Fsp3) is 0.393. The fourth-order valence-corrected chi connectivity index (χ4v) is 3.49. The van der Waals surface area contributed by atoms with Crippen LogP contribution < -0.4 is 5.73 Å². The predicted molar refractivity (Wildman–Crippen MR) is 155 cm³/mol. The van der Waals surface area contributed by atoms with E-state index in [4.69, 9.17) is 10.5 Å². The van der Waals surface area contributed by atoms with Gasteiger partial charge in [0.25, 0.3) is 0 Å². The molecule has 46 heavy (non-hydrogen) atoms. The first kappa shape index (κ1) is 37.8. The molecule has 0 aliphatic carbocycles. The summed E-state index contributed by atoms with van der Waals surface area (Å²) in [6, 6.07) is 0. The third-order valence-corrected chi connectivity index (χ3v) is 5.66. The molecule has 0 atom stereocenters. The normalized spacial score (nSPS) is 11.7. The second-order valence-corrected chi connectivity index (χ2v) is 10.5. The van der Waals surface area contributed by atoms with Gasteiger partial charge in [0.2, 0.25) is 11.6 Å². The van der Waals surface area contributed by atoms with E-state index < -0.39 is 29.6 Å². The second-order valence-electron chi connectivity index (χ2n) is 10.5. The standard InChI is InChI=1S/C17H19F3N4O2.C11H10F3N5.ClH/c1-10-7-21-14(11-8-22-15(23-9-11)17(18,19)20)24-12(10)5-6-13(25)26-16(2,3)4;1-6-3-16-9(19-8(6)2-15)7-4-17-10(18-5-7)11(12,13)14;/h7-9H,5-6H2,1-4H3;3-5H,2,15H2,1H3;1H. The van der Waals surface area contributed by atoms with Crippen molar-refractivity contribution in [1.82, 2.24) is 39.9 Å². The smallest absolute Gasteiger partial charge is 0.451 e. The Kier molecular flexibility index (Phi) is 12.5. The Balaban J connectivity index is 0.000000328. The van der Waals surface area contributed by atoms with Crippen LogP contribution in [0.1, 0.15) is 61.4 Å². The molecule has 0 aromatic carbocycles. The lowest BCUT2D eigenvalue weighted by molar-refractivity contribution is -0.154. The Labute approximate surface area is 266 Å². The maximum atomic E-state index is 12.5. The molecule has 4 aromatic heterocycles. The second kappa shape index (κ2) is 15.3. The summed E-state index contributed by atoms with van der Waals surface area (Å²) in [5.41, 5.74) is 8.34. The van der Waals surface area contributed by atoms with Crippen molar-refractivity contribution in [1.29, 1.82) is 0 Å². The maximum Gasteiger partial charge on any atom is 0.451 e. The van der Waals surface area contributed by atoms with Crippen LogP contribution in [0, 0.1) is 13.8 Å². The topological polar surface area (TPSA) is 155 Å². The molecule has 0 spiro atoms. The lowest BCUT2D eigenvalue weighted by atomic mass is 10.1. The van der Waals surface area contributed by atoms with E-state index >= 15 is 0 Å². The molecule has 0 saturated carbocycles. The van der Waals surface area contributed by atoms with Crippen LogP contribution in [0.4, 0.5) is 26.3 Å². The summed E-state index contributed by atoms with van der Waals surface area (Å²) >= 11 is 0. The zero-order valence-electron chi connectivity index (χ0n) is 25.2. The number of nitrogens with two attached hydrogens (primary N) is 1. The van der Waals surface area contributed by atoms with Gasteiger partial charge >= 0.3 is 18.3 Å². The summed E-state index contributed by atoms with van der Waals surface area (Å²) in [7, 11) is 0. The molecule has 0 saturated heterocycles. The lowest BCUT2D eigenvalue weighted by Crippen LogP contribution is -2.24. The summed E-state index contributed by atoms with van der Waals surface area (Å²) in [5, 5.41) is 0. The number of rotatable bonds is 6. The molecule has 0 fully saturated rings. The van der Waals surface area contributed by atoms with Crippen molar-refractivity contribution in [3.8, 4) is 22.8 Å². The molecule has 18 heteroatoms. The van der Waals surface area contributed by atoms with Crippen molar-refractivity contribution >= 4 is 18.4 Å². The number of alkyl halides is 6. The number of carbonyl (C=O) groups is 1. The molecule has 4 rings (SSSR count). The average molecular weight is 674 g/mol. The van der Waals surface area contributed by atoms with E-state index in [1.807, 2.05) is 0 Å². The van der Waals surface area contributed by atoms with Crippen molar-refractivity contribution in [2.24, 2.45) is 5.73 Å². The monoisotopic (exact) mass is 673 g/mol.